The van der Waals surface area contributed by atoms with E-state index in [4.69, 9.17) is 0 Å². The van der Waals surface area contributed by atoms with Crippen molar-refractivity contribution in [3.63, 3.8) is 0 Å². The zero-order valence-corrected chi connectivity index (χ0v) is 8.12. The van der Waals surface area contributed by atoms with Crippen LogP contribution >= 0.6 is 0 Å². The van der Waals surface area contributed by atoms with Crippen LogP contribution in [0, 0.1) is 0 Å². The fraction of sp³-hybridized carbons (Fsp3) is 0.182. The van der Waals surface area contributed by atoms with Crippen LogP contribution in [0.25, 0.3) is 17.0 Å². The summed E-state index contributed by atoms with van der Waals surface area (Å²) in [5, 5.41) is 11.4. The molecule has 72 valence electrons. The summed E-state index contributed by atoms with van der Waals surface area (Å²) in [7, 11) is 1.93. The Hall–Kier alpha value is -1.61. The maximum absolute atomic E-state index is 4.20. The summed E-state index contributed by atoms with van der Waals surface area (Å²) in [6.07, 6.45) is 4.12. The van der Waals surface area contributed by atoms with Crippen LogP contribution in [-0.2, 0) is 0 Å². The number of benzene rings is 1. The van der Waals surface area contributed by atoms with Gasteiger partial charge in [0.25, 0.3) is 0 Å². The van der Waals surface area contributed by atoms with Crippen molar-refractivity contribution in [2.45, 2.75) is 0 Å². The molecule has 2 rings (SSSR count). The summed E-state index contributed by atoms with van der Waals surface area (Å²) in [5.74, 6) is 0. The quantitative estimate of drug-likeness (QED) is 0.769. The zero-order valence-electron chi connectivity index (χ0n) is 8.12. The van der Waals surface area contributed by atoms with Crippen molar-refractivity contribution < 1.29 is 0 Å². The lowest BCUT2D eigenvalue weighted by Crippen LogP contribution is -2.03. The number of H-pyrrole nitrogens is 1. The molecule has 0 unspecified atom stereocenters. The molecule has 0 amide bonds. The Bertz CT molecular complexity index is 442. The van der Waals surface area contributed by atoms with Gasteiger partial charge in [0, 0.05) is 11.9 Å². The molecular weight excluding hydrogens is 174 g/mol. The molecule has 0 bridgehead atoms. The highest BCUT2D eigenvalue weighted by Crippen LogP contribution is 2.15. The second-order valence-corrected chi connectivity index (χ2v) is 3.11. The molecule has 1 aromatic heterocycles. The van der Waals surface area contributed by atoms with Crippen molar-refractivity contribution in [3.8, 4) is 0 Å². The molecule has 0 fully saturated rings. The third-order valence-corrected chi connectivity index (χ3v) is 2.10. The van der Waals surface area contributed by atoms with E-state index in [1.165, 1.54) is 5.39 Å². The average Bonchev–Trinajstić information content (AvgIpc) is 2.63. The van der Waals surface area contributed by atoms with E-state index in [0.717, 1.165) is 17.8 Å². The van der Waals surface area contributed by atoms with E-state index >= 15 is 0 Å². The van der Waals surface area contributed by atoms with Gasteiger partial charge in [-0.25, -0.2) is 0 Å². The van der Waals surface area contributed by atoms with Crippen LogP contribution in [0.15, 0.2) is 30.3 Å². The second kappa shape index (κ2) is 4.07. The monoisotopic (exact) mass is 187 g/mol. The molecule has 2 aromatic rings. The van der Waals surface area contributed by atoms with E-state index in [0.29, 0.717) is 0 Å². The Kier molecular flexibility index (Phi) is 2.60. The number of rotatable bonds is 3. The molecule has 1 heterocycles. The Morgan fingerprint density at radius 3 is 3.14 bits per heavy atom. The Balaban J connectivity index is 2.34. The number of hydrogen-bond acceptors (Lipinski definition) is 2. The first kappa shape index (κ1) is 8.97. The molecule has 3 nitrogen and oxygen atoms in total. The summed E-state index contributed by atoms with van der Waals surface area (Å²) >= 11 is 0. The summed E-state index contributed by atoms with van der Waals surface area (Å²) < 4.78 is 0. The number of hydrogen-bond donors (Lipinski definition) is 2. The van der Waals surface area contributed by atoms with Gasteiger partial charge in [0.15, 0.2) is 0 Å². The van der Waals surface area contributed by atoms with Gasteiger partial charge in [0.05, 0.1) is 11.2 Å². The fourth-order valence-corrected chi connectivity index (χ4v) is 1.40. The maximum Gasteiger partial charge on any atom is 0.0927 e. The van der Waals surface area contributed by atoms with Crippen LogP contribution in [-0.4, -0.2) is 23.8 Å². The van der Waals surface area contributed by atoms with Gasteiger partial charge in [-0.2, -0.15) is 5.10 Å². The smallest absolute Gasteiger partial charge is 0.0927 e. The predicted molar refractivity (Wildman–Crippen MR) is 59.1 cm³/mol. The van der Waals surface area contributed by atoms with E-state index in [1.807, 2.05) is 31.3 Å². The van der Waals surface area contributed by atoms with Gasteiger partial charge in [0.2, 0.25) is 0 Å². The van der Waals surface area contributed by atoms with Crippen LogP contribution in [0.3, 0.4) is 0 Å². The number of nitrogens with zero attached hydrogens (tertiary/aromatic N) is 1. The average molecular weight is 187 g/mol. The molecule has 3 heteroatoms. The van der Waals surface area contributed by atoms with Crippen molar-refractivity contribution in [1.29, 1.82) is 0 Å². The zero-order chi connectivity index (χ0) is 9.80. The standard InChI is InChI=1S/C11H13N3/c1-12-8-4-7-11-9-5-2-3-6-10(9)13-14-11/h2-7,12H,8H2,1H3,(H,13,14). The van der Waals surface area contributed by atoms with Gasteiger partial charge in [-0.3, -0.25) is 5.10 Å². The summed E-state index contributed by atoms with van der Waals surface area (Å²) in [6, 6.07) is 8.08. The third kappa shape index (κ3) is 1.67. The molecule has 0 aliphatic carbocycles. The van der Waals surface area contributed by atoms with Crippen molar-refractivity contribution >= 4 is 17.0 Å². The Morgan fingerprint density at radius 1 is 1.43 bits per heavy atom. The normalized spacial score (nSPS) is 11.5. The molecule has 0 spiro atoms. The van der Waals surface area contributed by atoms with E-state index in [9.17, 15) is 0 Å². The molecule has 0 saturated carbocycles. The first-order valence-electron chi connectivity index (χ1n) is 4.66. The number of para-hydroxylation sites is 1. The molecule has 1 aromatic carbocycles. The third-order valence-electron chi connectivity index (χ3n) is 2.10. The van der Waals surface area contributed by atoms with Gasteiger partial charge in [-0.05, 0) is 19.2 Å². The van der Waals surface area contributed by atoms with Crippen molar-refractivity contribution in [1.82, 2.24) is 15.5 Å². The van der Waals surface area contributed by atoms with Gasteiger partial charge < -0.3 is 5.32 Å². The van der Waals surface area contributed by atoms with Crippen LogP contribution in [0.4, 0.5) is 0 Å². The van der Waals surface area contributed by atoms with Gasteiger partial charge >= 0.3 is 0 Å². The van der Waals surface area contributed by atoms with Crippen molar-refractivity contribution in [2.24, 2.45) is 0 Å². The predicted octanol–water partition coefficient (Wildman–Crippen LogP) is 1.80. The number of fused-ring (bicyclic) bond motifs is 1. The summed E-state index contributed by atoms with van der Waals surface area (Å²) in [6.45, 7) is 0.868. The minimum absolute atomic E-state index is 0.868. The Labute approximate surface area is 82.8 Å². The Morgan fingerprint density at radius 2 is 2.29 bits per heavy atom. The van der Waals surface area contributed by atoms with Crippen LogP contribution in [0.1, 0.15) is 5.69 Å². The molecule has 14 heavy (non-hydrogen) atoms. The summed E-state index contributed by atoms with van der Waals surface area (Å²) in [4.78, 5) is 0. The van der Waals surface area contributed by atoms with E-state index in [1.54, 1.807) is 0 Å². The number of nitrogens with one attached hydrogen (secondary N) is 2. The molecular formula is C11H13N3. The van der Waals surface area contributed by atoms with Gasteiger partial charge in [-0.1, -0.05) is 24.3 Å². The first-order chi connectivity index (χ1) is 6.92. The first-order valence-corrected chi connectivity index (χ1v) is 4.66. The lowest BCUT2D eigenvalue weighted by molar-refractivity contribution is 0.922. The minimum atomic E-state index is 0.868. The number of aromatic amines is 1. The van der Waals surface area contributed by atoms with Crippen LogP contribution in [0.2, 0.25) is 0 Å². The van der Waals surface area contributed by atoms with Gasteiger partial charge in [0.1, 0.15) is 0 Å². The van der Waals surface area contributed by atoms with Crippen molar-refractivity contribution in [2.75, 3.05) is 13.6 Å². The van der Waals surface area contributed by atoms with E-state index in [-0.39, 0.29) is 0 Å². The SMILES string of the molecule is CNCC=Cc1[nH]nc2ccccc12. The highest BCUT2D eigenvalue weighted by Gasteiger charge is 1.99. The van der Waals surface area contributed by atoms with E-state index in [2.05, 4.69) is 27.7 Å². The molecule has 0 radical (unpaired) electrons. The number of likely N-dealkylation sites (N-methyl/N-ethyl adjacent to an activating group) is 1. The highest BCUT2D eigenvalue weighted by atomic mass is 15.1. The lowest BCUT2D eigenvalue weighted by Gasteiger charge is -1.90. The summed E-state index contributed by atoms with van der Waals surface area (Å²) in [5.41, 5.74) is 2.08. The minimum Gasteiger partial charge on any atom is -0.316 e. The van der Waals surface area contributed by atoms with Crippen LogP contribution < -0.4 is 5.32 Å². The topological polar surface area (TPSA) is 40.7 Å². The van der Waals surface area contributed by atoms with Gasteiger partial charge in [-0.15, -0.1) is 0 Å². The fourth-order valence-electron chi connectivity index (χ4n) is 1.40. The molecule has 2 N–H and O–H groups in total. The molecule has 0 atom stereocenters. The highest BCUT2D eigenvalue weighted by molar-refractivity contribution is 5.86. The maximum atomic E-state index is 4.20. The molecule has 0 aliphatic heterocycles. The number of aromatic nitrogens is 2. The van der Waals surface area contributed by atoms with Crippen molar-refractivity contribution in [3.05, 3.63) is 36.0 Å². The lowest BCUT2D eigenvalue weighted by atomic mass is 10.2. The largest absolute Gasteiger partial charge is 0.316 e. The van der Waals surface area contributed by atoms with Crippen LogP contribution in [0.5, 0.6) is 0 Å². The second-order valence-electron chi connectivity index (χ2n) is 3.11. The van der Waals surface area contributed by atoms with E-state index < -0.39 is 0 Å². The molecule has 0 saturated heterocycles. The molecule has 0 aliphatic rings.